The van der Waals surface area contributed by atoms with E-state index in [4.69, 9.17) is 4.74 Å². The quantitative estimate of drug-likeness (QED) is 0.703. The Labute approximate surface area is 174 Å². The molecule has 29 heavy (non-hydrogen) atoms. The van der Waals surface area contributed by atoms with Crippen molar-refractivity contribution in [2.75, 3.05) is 18.4 Å². The summed E-state index contributed by atoms with van der Waals surface area (Å²) in [6, 6.07) is 16.4. The zero-order valence-electron chi connectivity index (χ0n) is 16.5. The highest BCUT2D eigenvalue weighted by Gasteiger charge is 2.33. The number of fused-ring (bicyclic) bond motifs is 1. The number of carbonyl (C=O) groups is 3. The Hall–Kier alpha value is -2.80. The second-order valence-electron chi connectivity index (χ2n) is 6.59. The largest absolute Gasteiger partial charge is 0.447 e. The number of ether oxygens (including phenoxy) is 1. The van der Waals surface area contributed by atoms with Gasteiger partial charge in [0.25, 0.3) is 5.91 Å². The number of anilines is 1. The van der Waals surface area contributed by atoms with Crippen LogP contribution in [0.3, 0.4) is 0 Å². The van der Waals surface area contributed by atoms with Gasteiger partial charge in [0, 0.05) is 23.5 Å². The van der Waals surface area contributed by atoms with Gasteiger partial charge in [0.1, 0.15) is 0 Å². The lowest BCUT2D eigenvalue weighted by molar-refractivity contribution is -0.161. The SMILES string of the molecule is CCN(CC)C(=O)[C@@H](OC(=O)C[C@H]1Sc2ccccc2NC1=O)c1ccccc1. The van der Waals surface area contributed by atoms with Crippen LogP contribution in [0.25, 0.3) is 0 Å². The standard InChI is InChI=1S/C22H24N2O4S/c1-3-24(4-2)22(27)20(15-10-6-5-7-11-15)28-19(25)14-18-21(26)23-16-12-8-9-13-17(16)29-18/h5-13,18,20H,3-4,14H2,1-2H3,(H,23,26)/t18-,20+/m1/s1. The van der Waals surface area contributed by atoms with E-state index < -0.39 is 17.3 Å². The normalized spacial score (nSPS) is 16.3. The molecular formula is C22H24N2O4S. The number of benzene rings is 2. The number of amides is 2. The molecule has 1 aliphatic rings. The molecular weight excluding hydrogens is 388 g/mol. The number of esters is 1. The Morgan fingerprint density at radius 2 is 1.72 bits per heavy atom. The monoisotopic (exact) mass is 412 g/mol. The number of thioether (sulfide) groups is 1. The van der Waals surface area contributed by atoms with Crippen LogP contribution in [-0.2, 0) is 19.1 Å². The number of nitrogens with one attached hydrogen (secondary N) is 1. The van der Waals surface area contributed by atoms with Crippen LogP contribution in [0, 0.1) is 0 Å². The van der Waals surface area contributed by atoms with Gasteiger partial charge >= 0.3 is 5.97 Å². The number of para-hydroxylation sites is 1. The van der Waals surface area contributed by atoms with Crippen LogP contribution in [0.1, 0.15) is 31.9 Å². The number of rotatable bonds is 7. The summed E-state index contributed by atoms with van der Waals surface area (Å²) >= 11 is 1.33. The third-order valence-corrected chi connectivity index (χ3v) is 5.98. The van der Waals surface area contributed by atoms with Crippen LogP contribution in [0.5, 0.6) is 0 Å². The summed E-state index contributed by atoms with van der Waals surface area (Å²) in [5.74, 6) is -1.08. The molecule has 0 saturated heterocycles. The highest BCUT2D eigenvalue weighted by molar-refractivity contribution is 8.01. The van der Waals surface area contributed by atoms with Gasteiger partial charge < -0.3 is 15.0 Å². The number of hydrogen-bond donors (Lipinski definition) is 1. The van der Waals surface area contributed by atoms with Crippen molar-refractivity contribution in [3.63, 3.8) is 0 Å². The summed E-state index contributed by atoms with van der Waals surface area (Å²) in [6.07, 6.45) is -1.13. The fraction of sp³-hybridized carbons (Fsp3) is 0.318. The molecule has 2 atom stereocenters. The molecule has 0 bridgehead atoms. The topological polar surface area (TPSA) is 75.7 Å². The van der Waals surface area contributed by atoms with Crippen LogP contribution in [0.4, 0.5) is 5.69 Å². The van der Waals surface area contributed by atoms with Crippen molar-refractivity contribution in [1.82, 2.24) is 4.90 Å². The summed E-state index contributed by atoms with van der Waals surface area (Å²) < 4.78 is 5.60. The molecule has 1 N–H and O–H groups in total. The summed E-state index contributed by atoms with van der Waals surface area (Å²) in [5, 5.41) is 2.22. The Bertz CT molecular complexity index is 883. The molecule has 0 aliphatic carbocycles. The first-order chi connectivity index (χ1) is 14.0. The van der Waals surface area contributed by atoms with E-state index >= 15 is 0 Å². The smallest absolute Gasteiger partial charge is 0.308 e. The van der Waals surface area contributed by atoms with E-state index in [0.717, 1.165) is 10.6 Å². The van der Waals surface area contributed by atoms with Crippen molar-refractivity contribution < 1.29 is 19.1 Å². The molecule has 0 aromatic heterocycles. The van der Waals surface area contributed by atoms with Gasteiger partial charge in [0.05, 0.1) is 17.4 Å². The zero-order chi connectivity index (χ0) is 20.8. The van der Waals surface area contributed by atoms with E-state index in [2.05, 4.69) is 5.32 Å². The minimum absolute atomic E-state index is 0.111. The van der Waals surface area contributed by atoms with E-state index in [0.29, 0.717) is 18.7 Å². The molecule has 3 rings (SSSR count). The fourth-order valence-electron chi connectivity index (χ4n) is 3.15. The highest BCUT2D eigenvalue weighted by atomic mass is 32.2. The van der Waals surface area contributed by atoms with Gasteiger partial charge in [0.15, 0.2) is 0 Å². The first-order valence-corrected chi connectivity index (χ1v) is 10.5. The maximum Gasteiger partial charge on any atom is 0.308 e. The molecule has 2 aromatic carbocycles. The van der Waals surface area contributed by atoms with Crippen molar-refractivity contribution in [3.05, 3.63) is 60.2 Å². The minimum Gasteiger partial charge on any atom is -0.447 e. The van der Waals surface area contributed by atoms with Crippen molar-refractivity contribution in [2.24, 2.45) is 0 Å². The Morgan fingerprint density at radius 3 is 2.41 bits per heavy atom. The third kappa shape index (κ3) is 4.98. The lowest BCUT2D eigenvalue weighted by atomic mass is 10.1. The Kier molecular flexibility index (Phi) is 6.93. The van der Waals surface area contributed by atoms with E-state index in [9.17, 15) is 14.4 Å². The second-order valence-corrected chi connectivity index (χ2v) is 7.83. The molecule has 6 nitrogen and oxygen atoms in total. The number of carbonyl (C=O) groups excluding carboxylic acids is 3. The van der Waals surface area contributed by atoms with Crippen molar-refractivity contribution in [2.45, 2.75) is 36.5 Å². The maximum atomic E-state index is 12.9. The van der Waals surface area contributed by atoms with E-state index in [-0.39, 0.29) is 18.2 Å². The molecule has 1 heterocycles. The summed E-state index contributed by atoms with van der Waals surface area (Å²) in [7, 11) is 0. The zero-order valence-corrected chi connectivity index (χ0v) is 17.3. The molecule has 0 radical (unpaired) electrons. The van der Waals surface area contributed by atoms with Crippen molar-refractivity contribution in [1.29, 1.82) is 0 Å². The van der Waals surface area contributed by atoms with Gasteiger partial charge in [-0.05, 0) is 26.0 Å². The number of likely N-dealkylation sites (N-methyl/N-ethyl adjacent to an activating group) is 1. The number of nitrogens with zero attached hydrogens (tertiary/aromatic N) is 1. The molecule has 2 aromatic rings. The van der Waals surface area contributed by atoms with Crippen LogP contribution in [-0.4, -0.2) is 41.0 Å². The van der Waals surface area contributed by atoms with Gasteiger partial charge in [-0.25, -0.2) is 0 Å². The molecule has 1 aliphatic heterocycles. The third-order valence-electron chi connectivity index (χ3n) is 4.71. The average Bonchev–Trinajstić information content (AvgIpc) is 2.74. The minimum atomic E-state index is -1.02. The highest BCUT2D eigenvalue weighted by Crippen LogP contribution is 2.37. The summed E-state index contributed by atoms with van der Waals surface area (Å²) in [6.45, 7) is 4.80. The molecule has 2 amide bonds. The molecule has 0 fully saturated rings. The van der Waals surface area contributed by atoms with Crippen LogP contribution >= 0.6 is 11.8 Å². The molecule has 0 saturated carbocycles. The predicted molar refractivity (Wildman–Crippen MR) is 113 cm³/mol. The molecule has 0 spiro atoms. The van der Waals surface area contributed by atoms with Gasteiger partial charge in [-0.3, -0.25) is 14.4 Å². The molecule has 0 unspecified atom stereocenters. The van der Waals surface area contributed by atoms with Crippen LogP contribution < -0.4 is 5.32 Å². The van der Waals surface area contributed by atoms with Gasteiger partial charge in [-0.2, -0.15) is 0 Å². The van der Waals surface area contributed by atoms with Crippen LogP contribution in [0.15, 0.2) is 59.5 Å². The van der Waals surface area contributed by atoms with E-state index in [1.54, 1.807) is 29.2 Å². The lowest BCUT2D eigenvalue weighted by Crippen LogP contribution is -2.37. The van der Waals surface area contributed by atoms with Crippen molar-refractivity contribution >= 4 is 35.2 Å². The van der Waals surface area contributed by atoms with E-state index in [1.807, 2.05) is 44.2 Å². The Morgan fingerprint density at radius 1 is 1.07 bits per heavy atom. The first-order valence-electron chi connectivity index (χ1n) is 9.63. The maximum absolute atomic E-state index is 12.9. The Balaban J connectivity index is 1.73. The summed E-state index contributed by atoms with van der Waals surface area (Å²) in [5.41, 5.74) is 1.36. The first kappa shape index (κ1) is 20.9. The summed E-state index contributed by atoms with van der Waals surface area (Å²) in [4.78, 5) is 40.5. The van der Waals surface area contributed by atoms with E-state index in [1.165, 1.54) is 11.8 Å². The molecule has 7 heteroatoms. The molecule has 152 valence electrons. The van der Waals surface area contributed by atoms with Gasteiger partial charge in [0.2, 0.25) is 12.0 Å². The van der Waals surface area contributed by atoms with Crippen LogP contribution in [0.2, 0.25) is 0 Å². The predicted octanol–water partition coefficient (Wildman–Crippen LogP) is 3.64. The van der Waals surface area contributed by atoms with Gasteiger partial charge in [-0.15, -0.1) is 11.8 Å². The lowest BCUT2D eigenvalue weighted by Gasteiger charge is -2.27. The van der Waals surface area contributed by atoms with Gasteiger partial charge in [-0.1, -0.05) is 42.5 Å². The second kappa shape index (κ2) is 9.60. The van der Waals surface area contributed by atoms with Crippen molar-refractivity contribution in [3.8, 4) is 0 Å². The fourth-order valence-corrected chi connectivity index (χ4v) is 4.24. The number of hydrogen-bond acceptors (Lipinski definition) is 5. The average molecular weight is 413 g/mol.